The van der Waals surface area contributed by atoms with E-state index >= 15 is 0 Å². The van der Waals surface area contributed by atoms with Crippen molar-refractivity contribution in [3.63, 3.8) is 0 Å². The number of carbonyl (C=O) groups excluding carboxylic acids is 1. The first-order chi connectivity index (χ1) is 5.49. The molecule has 0 spiro atoms. The van der Waals surface area contributed by atoms with Crippen LogP contribution in [0.3, 0.4) is 0 Å². The first kappa shape index (κ1) is 11.1. The number of carboxylic acid groups (broad SMARTS) is 1. The maximum atomic E-state index is 11.0. The van der Waals surface area contributed by atoms with Gasteiger partial charge in [0.25, 0.3) is 0 Å². The molecule has 4 heteroatoms. The molecule has 0 aromatic heterocycles. The fourth-order valence-electron chi connectivity index (χ4n) is 0.892. The van der Waals surface area contributed by atoms with Crippen molar-refractivity contribution in [1.29, 1.82) is 0 Å². The van der Waals surface area contributed by atoms with E-state index in [0.717, 1.165) is 0 Å². The van der Waals surface area contributed by atoms with Crippen LogP contribution in [-0.4, -0.2) is 28.1 Å². The number of hydrogen-bond acceptors (Lipinski definition) is 3. The van der Waals surface area contributed by atoms with Crippen LogP contribution in [0.4, 0.5) is 0 Å². The van der Waals surface area contributed by atoms with Crippen LogP contribution in [0, 0.1) is 5.92 Å². The minimum Gasteiger partial charge on any atom is -0.481 e. The SMILES string of the molecule is CCC(=O)C(C)C(O)CC(=O)O. The van der Waals surface area contributed by atoms with Gasteiger partial charge in [-0.3, -0.25) is 9.59 Å². The molecule has 0 aliphatic rings. The number of rotatable bonds is 5. The number of aliphatic carboxylic acids is 1. The van der Waals surface area contributed by atoms with Crippen molar-refractivity contribution in [3.05, 3.63) is 0 Å². The largest absolute Gasteiger partial charge is 0.481 e. The Balaban J connectivity index is 4.00. The van der Waals surface area contributed by atoms with Gasteiger partial charge in [0.15, 0.2) is 0 Å². The molecule has 0 saturated carbocycles. The number of hydrogen-bond donors (Lipinski definition) is 2. The third kappa shape index (κ3) is 3.48. The number of carboxylic acids is 1. The standard InChI is InChI=1S/C8H14O4/c1-3-6(9)5(2)7(10)4-8(11)12/h5,7,10H,3-4H2,1-2H3,(H,11,12). The second-order valence-corrected chi connectivity index (χ2v) is 2.77. The summed E-state index contributed by atoms with van der Waals surface area (Å²) in [5.74, 6) is -1.77. The Labute approximate surface area is 71.2 Å². The lowest BCUT2D eigenvalue weighted by Crippen LogP contribution is -2.27. The third-order valence-corrected chi connectivity index (χ3v) is 1.82. The molecule has 2 N–H and O–H groups in total. The van der Waals surface area contributed by atoms with Crippen molar-refractivity contribution in [2.24, 2.45) is 5.92 Å². The summed E-state index contributed by atoms with van der Waals surface area (Å²) < 4.78 is 0. The van der Waals surface area contributed by atoms with Crippen LogP contribution in [0.2, 0.25) is 0 Å². The van der Waals surface area contributed by atoms with Gasteiger partial charge in [0.2, 0.25) is 0 Å². The van der Waals surface area contributed by atoms with E-state index in [0.29, 0.717) is 6.42 Å². The van der Waals surface area contributed by atoms with E-state index in [4.69, 9.17) is 5.11 Å². The number of carbonyl (C=O) groups is 2. The summed E-state index contributed by atoms with van der Waals surface area (Å²) in [5.41, 5.74) is 0. The maximum absolute atomic E-state index is 11.0. The topological polar surface area (TPSA) is 74.6 Å². The fraction of sp³-hybridized carbons (Fsp3) is 0.750. The van der Waals surface area contributed by atoms with Gasteiger partial charge >= 0.3 is 5.97 Å². The Hall–Kier alpha value is -0.900. The van der Waals surface area contributed by atoms with Crippen molar-refractivity contribution in [2.45, 2.75) is 32.8 Å². The molecule has 0 saturated heterocycles. The first-order valence-corrected chi connectivity index (χ1v) is 3.91. The van der Waals surface area contributed by atoms with Crippen LogP contribution in [-0.2, 0) is 9.59 Å². The molecule has 0 aliphatic carbocycles. The summed E-state index contributed by atoms with van der Waals surface area (Å²) >= 11 is 0. The Kier molecular flexibility index (Phi) is 4.51. The van der Waals surface area contributed by atoms with Crippen LogP contribution in [0.15, 0.2) is 0 Å². The second kappa shape index (κ2) is 4.87. The molecular weight excluding hydrogens is 160 g/mol. The third-order valence-electron chi connectivity index (χ3n) is 1.82. The lowest BCUT2D eigenvalue weighted by atomic mass is 9.96. The van der Waals surface area contributed by atoms with Gasteiger partial charge < -0.3 is 10.2 Å². The average Bonchev–Trinajstić information content (AvgIpc) is 2.00. The molecule has 0 aromatic rings. The summed E-state index contributed by atoms with van der Waals surface area (Å²) in [6.45, 7) is 3.23. The Morgan fingerprint density at radius 3 is 2.25 bits per heavy atom. The molecule has 12 heavy (non-hydrogen) atoms. The van der Waals surface area contributed by atoms with E-state index in [1.807, 2.05) is 0 Å². The highest BCUT2D eigenvalue weighted by atomic mass is 16.4. The zero-order chi connectivity index (χ0) is 9.72. The molecule has 0 aromatic carbocycles. The minimum absolute atomic E-state index is 0.108. The van der Waals surface area contributed by atoms with E-state index in [1.54, 1.807) is 13.8 Å². The van der Waals surface area contributed by atoms with Gasteiger partial charge in [0.05, 0.1) is 12.5 Å². The fourth-order valence-corrected chi connectivity index (χ4v) is 0.892. The summed E-state index contributed by atoms with van der Waals surface area (Å²) in [5, 5.41) is 17.5. The first-order valence-electron chi connectivity index (χ1n) is 3.91. The van der Waals surface area contributed by atoms with Gasteiger partial charge in [0, 0.05) is 12.3 Å². The van der Waals surface area contributed by atoms with E-state index in [9.17, 15) is 14.7 Å². The average molecular weight is 174 g/mol. The summed E-state index contributed by atoms with van der Waals surface area (Å²) in [4.78, 5) is 21.1. The highest BCUT2D eigenvalue weighted by molar-refractivity contribution is 5.81. The minimum atomic E-state index is -1.08. The molecule has 0 amide bonds. The van der Waals surface area contributed by atoms with Gasteiger partial charge in [0.1, 0.15) is 5.78 Å². The summed E-state index contributed by atoms with van der Waals surface area (Å²) in [6, 6.07) is 0. The van der Waals surface area contributed by atoms with Gasteiger partial charge in [-0.05, 0) is 0 Å². The lowest BCUT2D eigenvalue weighted by Gasteiger charge is -2.14. The molecule has 0 heterocycles. The van der Waals surface area contributed by atoms with E-state index in [1.165, 1.54) is 0 Å². The van der Waals surface area contributed by atoms with Crippen molar-refractivity contribution in [2.75, 3.05) is 0 Å². The Bertz CT molecular complexity index is 176. The normalized spacial score (nSPS) is 15.2. The van der Waals surface area contributed by atoms with E-state index in [2.05, 4.69) is 0 Å². The molecule has 4 nitrogen and oxygen atoms in total. The van der Waals surface area contributed by atoms with Crippen LogP contribution in [0.25, 0.3) is 0 Å². The van der Waals surface area contributed by atoms with Crippen LogP contribution >= 0.6 is 0 Å². The van der Waals surface area contributed by atoms with Crippen molar-refractivity contribution in [1.82, 2.24) is 0 Å². The van der Waals surface area contributed by atoms with Crippen LogP contribution in [0.1, 0.15) is 26.7 Å². The number of aliphatic hydroxyl groups excluding tert-OH is 1. The van der Waals surface area contributed by atoms with Gasteiger partial charge in [-0.2, -0.15) is 0 Å². The monoisotopic (exact) mass is 174 g/mol. The quantitative estimate of drug-likeness (QED) is 0.634. The number of aliphatic hydroxyl groups is 1. The smallest absolute Gasteiger partial charge is 0.305 e. The van der Waals surface area contributed by atoms with Gasteiger partial charge in [-0.15, -0.1) is 0 Å². The molecule has 0 radical (unpaired) electrons. The molecule has 0 rings (SSSR count). The number of Topliss-reactive ketones (excluding diaryl/α,β-unsaturated/α-hetero) is 1. The molecule has 0 fully saturated rings. The van der Waals surface area contributed by atoms with E-state index in [-0.39, 0.29) is 12.2 Å². The molecule has 0 bridgehead atoms. The van der Waals surface area contributed by atoms with E-state index < -0.39 is 18.0 Å². The predicted octanol–water partition coefficient (Wildman–Crippen LogP) is 0.437. The van der Waals surface area contributed by atoms with Gasteiger partial charge in [-0.25, -0.2) is 0 Å². The maximum Gasteiger partial charge on any atom is 0.305 e. The highest BCUT2D eigenvalue weighted by Crippen LogP contribution is 2.09. The Morgan fingerprint density at radius 1 is 1.42 bits per heavy atom. The highest BCUT2D eigenvalue weighted by Gasteiger charge is 2.22. The molecular formula is C8H14O4. The van der Waals surface area contributed by atoms with Crippen molar-refractivity contribution >= 4 is 11.8 Å². The van der Waals surface area contributed by atoms with Crippen LogP contribution < -0.4 is 0 Å². The second-order valence-electron chi connectivity index (χ2n) is 2.77. The van der Waals surface area contributed by atoms with Gasteiger partial charge in [-0.1, -0.05) is 13.8 Å². The lowest BCUT2D eigenvalue weighted by molar-refractivity contribution is -0.140. The molecule has 70 valence electrons. The summed E-state index contributed by atoms with van der Waals surface area (Å²) in [7, 11) is 0. The molecule has 0 aliphatic heterocycles. The van der Waals surface area contributed by atoms with Crippen molar-refractivity contribution in [3.8, 4) is 0 Å². The van der Waals surface area contributed by atoms with Crippen molar-refractivity contribution < 1.29 is 19.8 Å². The molecule has 2 atom stereocenters. The zero-order valence-corrected chi connectivity index (χ0v) is 7.28. The number of ketones is 1. The van der Waals surface area contributed by atoms with Crippen LogP contribution in [0.5, 0.6) is 0 Å². The zero-order valence-electron chi connectivity index (χ0n) is 7.28. The predicted molar refractivity (Wildman–Crippen MR) is 42.7 cm³/mol. The Morgan fingerprint density at radius 2 is 1.92 bits per heavy atom. The summed E-state index contributed by atoms with van der Waals surface area (Å²) in [6.07, 6.45) is -1.10. The molecule has 2 unspecified atom stereocenters.